The van der Waals surface area contributed by atoms with E-state index in [4.69, 9.17) is 5.11 Å². The molecule has 0 unspecified atom stereocenters. The number of H-pyrrole nitrogens is 1. The van der Waals surface area contributed by atoms with Crippen LogP contribution in [0.2, 0.25) is 0 Å². The van der Waals surface area contributed by atoms with Gasteiger partial charge in [0.05, 0.1) is 5.56 Å². The van der Waals surface area contributed by atoms with E-state index in [1.54, 1.807) is 12.4 Å². The molecule has 0 saturated carbocycles. The van der Waals surface area contributed by atoms with E-state index in [1.165, 1.54) is 0 Å². The summed E-state index contributed by atoms with van der Waals surface area (Å²) in [7, 11) is 0. The zero-order chi connectivity index (χ0) is 9.10. The van der Waals surface area contributed by atoms with Gasteiger partial charge in [-0.25, -0.2) is 4.98 Å². The number of nitrogens with zero attached hydrogens (tertiary/aromatic N) is 1. The van der Waals surface area contributed by atoms with Crippen molar-refractivity contribution in [3.05, 3.63) is 30.1 Å². The van der Waals surface area contributed by atoms with Crippen LogP contribution >= 0.6 is 0 Å². The Morgan fingerprint density at radius 1 is 1.54 bits per heavy atom. The third kappa shape index (κ3) is 1.40. The Morgan fingerprint density at radius 2 is 2.46 bits per heavy atom. The summed E-state index contributed by atoms with van der Waals surface area (Å²) in [4.78, 5) is 7.13. The number of aliphatic hydroxyl groups excluding tert-OH is 1. The summed E-state index contributed by atoms with van der Waals surface area (Å²) in [5, 5.41) is 9.53. The SMILES string of the molecule is OCC#Cc1c[nH]c2ncccc12. The summed E-state index contributed by atoms with van der Waals surface area (Å²) in [6.07, 6.45) is 3.52. The topological polar surface area (TPSA) is 48.9 Å². The van der Waals surface area contributed by atoms with Crippen LogP contribution in [0, 0.1) is 11.8 Å². The normalized spacial score (nSPS) is 9.62. The molecule has 2 heterocycles. The molecule has 0 aromatic carbocycles. The number of aromatic amines is 1. The molecule has 0 aliphatic rings. The lowest BCUT2D eigenvalue weighted by Gasteiger charge is -1.86. The van der Waals surface area contributed by atoms with Crippen LogP contribution in [-0.2, 0) is 0 Å². The summed E-state index contributed by atoms with van der Waals surface area (Å²) < 4.78 is 0. The first-order valence-electron chi connectivity index (χ1n) is 3.93. The molecule has 0 radical (unpaired) electrons. The molecule has 64 valence electrons. The summed E-state index contributed by atoms with van der Waals surface area (Å²) >= 11 is 0. The second-order valence-corrected chi connectivity index (χ2v) is 2.56. The van der Waals surface area contributed by atoms with Crippen molar-refractivity contribution in [1.82, 2.24) is 9.97 Å². The highest BCUT2D eigenvalue weighted by Gasteiger charge is 1.99. The van der Waals surface area contributed by atoms with Crippen LogP contribution in [0.5, 0.6) is 0 Å². The number of aromatic nitrogens is 2. The van der Waals surface area contributed by atoms with Crippen molar-refractivity contribution in [3.8, 4) is 11.8 Å². The molecular weight excluding hydrogens is 164 g/mol. The predicted molar refractivity (Wildman–Crippen MR) is 50.1 cm³/mol. The van der Waals surface area contributed by atoms with Crippen molar-refractivity contribution < 1.29 is 5.11 Å². The van der Waals surface area contributed by atoms with Gasteiger partial charge < -0.3 is 10.1 Å². The standard InChI is InChI=1S/C10H8N2O/c13-6-2-3-8-7-12-10-9(8)4-1-5-11-10/h1,4-5,7,13H,6H2,(H,11,12). The van der Waals surface area contributed by atoms with Crippen LogP contribution in [0.3, 0.4) is 0 Å². The van der Waals surface area contributed by atoms with E-state index in [1.807, 2.05) is 12.1 Å². The van der Waals surface area contributed by atoms with Gasteiger partial charge in [-0.05, 0) is 12.1 Å². The van der Waals surface area contributed by atoms with Crippen molar-refractivity contribution in [2.75, 3.05) is 6.61 Å². The third-order valence-corrected chi connectivity index (χ3v) is 1.75. The van der Waals surface area contributed by atoms with Crippen molar-refractivity contribution in [3.63, 3.8) is 0 Å². The van der Waals surface area contributed by atoms with Gasteiger partial charge in [0.25, 0.3) is 0 Å². The monoisotopic (exact) mass is 172 g/mol. The fourth-order valence-electron chi connectivity index (χ4n) is 1.19. The van der Waals surface area contributed by atoms with Crippen molar-refractivity contribution >= 4 is 11.0 Å². The smallest absolute Gasteiger partial charge is 0.138 e. The van der Waals surface area contributed by atoms with E-state index in [0.717, 1.165) is 16.6 Å². The van der Waals surface area contributed by atoms with Crippen LogP contribution in [0.15, 0.2) is 24.5 Å². The molecule has 0 saturated heterocycles. The van der Waals surface area contributed by atoms with E-state index in [0.29, 0.717) is 0 Å². The average molecular weight is 172 g/mol. The summed E-state index contributed by atoms with van der Waals surface area (Å²) in [5.41, 5.74) is 1.70. The minimum Gasteiger partial charge on any atom is -0.384 e. The summed E-state index contributed by atoms with van der Waals surface area (Å²) in [5.74, 6) is 5.45. The van der Waals surface area contributed by atoms with Gasteiger partial charge in [-0.3, -0.25) is 0 Å². The van der Waals surface area contributed by atoms with E-state index in [-0.39, 0.29) is 6.61 Å². The third-order valence-electron chi connectivity index (χ3n) is 1.75. The Labute approximate surface area is 75.4 Å². The molecule has 2 aromatic rings. The van der Waals surface area contributed by atoms with Crippen LogP contribution in [0.4, 0.5) is 0 Å². The number of hydrogen-bond donors (Lipinski definition) is 2. The molecule has 0 fully saturated rings. The van der Waals surface area contributed by atoms with Gasteiger partial charge in [0.15, 0.2) is 0 Å². The van der Waals surface area contributed by atoms with Crippen LogP contribution in [0.1, 0.15) is 5.56 Å². The lowest BCUT2D eigenvalue weighted by Crippen LogP contribution is -1.75. The predicted octanol–water partition coefficient (Wildman–Crippen LogP) is 0.907. The van der Waals surface area contributed by atoms with Gasteiger partial charge >= 0.3 is 0 Å². The summed E-state index contributed by atoms with van der Waals surface area (Å²) in [6.45, 7) is -0.118. The highest BCUT2D eigenvalue weighted by atomic mass is 16.2. The average Bonchev–Trinajstić information content (AvgIpc) is 2.58. The second-order valence-electron chi connectivity index (χ2n) is 2.56. The van der Waals surface area contributed by atoms with Gasteiger partial charge in [-0.1, -0.05) is 11.8 Å². The van der Waals surface area contributed by atoms with Gasteiger partial charge in [0, 0.05) is 17.8 Å². The van der Waals surface area contributed by atoms with Crippen molar-refractivity contribution in [2.24, 2.45) is 0 Å². The first-order chi connectivity index (χ1) is 6.42. The van der Waals surface area contributed by atoms with Gasteiger partial charge in [-0.2, -0.15) is 0 Å². The molecular formula is C10H8N2O. The maximum atomic E-state index is 8.54. The maximum Gasteiger partial charge on any atom is 0.138 e. The molecule has 0 amide bonds. The van der Waals surface area contributed by atoms with Crippen LogP contribution in [0.25, 0.3) is 11.0 Å². The van der Waals surface area contributed by atoms with Gasteiger partial charge in [0.1, 0.15) is 12.3 Å². The Morgan fingerprint density at radius 3 is 3.31 bits per heavy atom. The van der Waals surface area contributed by atoms with E-state index in [9.17, 15) is 0 Å². The molecule has 0 bridgehead atoms. The van der Waals surface area contributed by atoms with Crippen molar-refractivity contribution in [1.29, 1.82) is 0 Å². The Kier molecular flexibility index (Phi) is 1.99. The molecule has 3 nitrogen and oxygen atoms in total. The molecule has 13 heavy (non-hydrogen) atoms. The quantitative estimate of drug-likeness (QED) is 0.580. The highest BCUT2D eigenvalue weighted by Crippen LogP contribution is 2.13. The summed E-state index contributed by atoms with van der Waals surface area (Å²) in [6, 6.07) is 3.81. The largest absolute Gasteiger partial charge is 0.384 e. The number of rotatable bonds is 0. The maximum absolute atomic E-state index is 8.54. The highest BCUT2D eigenvalue weighted by molar-refractivity contribution is 5.82. The first kappa shape index (κ1) is 7.84. The Balaban J connectivity index is 2.58. The molecule has 2 N–H and O–H groups in total. The molecule has 3 heteroatoms. The fourth-order valence-corrected chi connectivity index (χ4v) is 1.19. The molecule has 2 rings (SSSR count). The molecule has 0 aliphatic heterocycles. The molecule has 2 aromatic heterocycles. The molecule has 0 spiro atoms. The van der Waals surface area contributed by atoms with E-state index in [2.05, 4.69) is 21.8 Å². The zero-order valence-electron chi connectivity index (χ0n) is 6.91. The Hall–Kier alpha value is -1.79. The van der Waals surface area contributed by atoms with Crippen LogP contribution in [-0.4, -0.2) is 21.7 Å². The number of pyridine rings is 1. The first-order valence-corrected chi connectivity index (χ1v) is 3.93. The lowest BCUT2D eigenvalue weighted by molar-refractivity contribution is 0.350. The second kappa shape index (κ2) is 3.30. The Bertz CT molecular complexity index is 476. The fraction of sp³-hybridized carbons (Fsp3) is 0.100. The minimum atomic E-state index is -0.118. The zero-order valence-corrected chi connectivity index (χ0v) is 6.91. The van der Waals surface area contributed by atoms with Gasteiger partial charge in [0.2, 0.25) is 0 Å². The van der Waals surface area contributed by atoms with Crippen molar-refractivity contribution in [2.45, 2.75) is 0 Å². The molecule has 0 aliphatic carbocycles. The number of nitrogens with one attached hydrogen (secondary N) is 1. The van der Waals surface area contributed by atoms with Gasteiger partial charge in [-0.15, -0.1) is 0 Å². The van der Waals surface area contributed by atoms with Crippen LogP contribution < -0.4 is 0 Å². The van der Waals surface area contributed by atoms with E-state index < -0.39 is 0 Å². The van der Waals surface area contributed by atoms with E-state index >= 15 is 0 Å². The lowest BCUT2D eigenvalue weighted by atomic mass is 10.2. The molecule has 0 atom stereocenters. The number of hydrogen-bond acceptors (Lipinski definition) is 2. The number of fused-ring (bicyclic) bond motifs is 1. The number of aliphatic hydroxyl groups is 1. The minimum absolute atomic E-state index is 0.118.